The van der Waals surface area contributed by atoms with Crippen molar-refractivity contribution < 1.29 is 9.47 Å². The van der Waals surface area contributed by atoms with Crippen LogP contribution in [-0.4, -0.2) is 39.3 Å². The minimum absolute atomic E-state index is 0.152. The summed E-state index contributed by atoms with van der Waals surface area (Å²) in [7, 11) is 1.83. The third-order valence-electron chi connectivity index (χ3n) is 5.08. The van der Waals surface area contributed by atoms with Gasteiger partial charge in [-0.2, -0.15) is 0 Å². The van der Waals surface area contributed by atoms with Crippen molar-refractivity contribution in [2.45, 2.75) is 44.4 Å². The summed E-state index contributed by atoms with van der Waals surface area (Å²) in [4.78, 5) is 4.33. The van der Waals surface area contributed by atoms with Crippen LogP contribution in [0.3, 0.4) is 0 Å². The first-order valence-electron chi connectivity index (χ1n) is 9.12. The molecular formula is C19H29N3O2. The van der Waals surface area contributed by atoms with Crippen LogP contribution >= 0.6 is 0 Å². The van der Waals surface area contributed by atoms with E-state index in [1.165, 1.54) is 31.2 Å². The van der Waals surface area contributed by atoms with E-state index in [-0.39, 0.29) is 5.41 Å². The average molecular weight is 331 g/mol. The summed E-state index contributed by atoms with van der Waals surface area (Å²) in [6.07, 6.45) is 6.04. The highest BCUT2D eigenvalue weighted by atomic mass is 16.6. The number of hydrogen-bond acceptors (Lipinski definition) is 3. The fraction of sp³-hybridized carbons (Fsp3) is 0.632. The third kappa shape index (κ3) is 3.60. The van der Waals surface area contributed by atoms with Crippen molar-refractivity contribution in [3.05, 3.63) is 23.8 Å². The van der Waals surface area contributed by atoms with E-state index in [0.29, 0.717) is 13.2 Å². The van der Waals surface area contributed by atoms with Crippen LogP contribution in [0.4, 0.5) is 0 Å². The van der Waals surface area contributed by atoms with E-state index in [1.807, 2.05) is 7.05 Å². The Balaban J connectivity index is 1.76. The lowest BCUT2D eigenvalue weighted by Crippen LogP contribution is -2.44. The summed E-state index contributed by atoms with van der Waals surface area (Å²) < 4.78 is 11.5. The Morgan fingerprint density at radius 2 is 1.88 bits per heavy atom. The highest BCUT2D eigenvalue weighted by Gasteiger charge is 2.36. The van der Waals surface area contributed by atoms with E-state index in [2.05, 4.69) is 40.7 Å². The number of hydrogen-bond donors (Lipinski definition) is 2. The number of guanidine groups is 1. The molecule has 0 saturated heterocycles. The zero-order chi connectivity index (χ0) is 16.8. The molecule has 0 spiro atoms. The molecule has 1 heterocycles. The zero-order valence-corrected chi connectivity index (χ0v) is 14.9. The summed E-state index contributed by atoms with van der Waals surface area (Å²) in [6, 6.07) is 6.46. The first-order valence-corrected chi connectivity index (χ1v) is 9.12. The molecule has 1 aliphatic heterocycles. The second-order valence-electron chi connectivity index (χ2n) is 6.70. The predicted molar refractivity (Wildman–Crippen MR) is 97.2 cm³/mol. The molecule has 24 heavy (non-hydrogen) atoms. The molecular weight excluding hydrogens is 302 g/mol. The van der Waals surface area contributed by atoms with Crippen LogP contribution in [0.15, 0.2) is 23.2 Å². The number of nitrogens with zero attached hydrogens (tertiary/aromatic N) is 1. The van der Waals surface area contributed by atoms with Crippen molar-refractivity contribution in [1.29, 1.82) is 0 Å². The molecule has 3 rings (SSSR count). The largest absolute Gasteiger partial charge is 0.486 e. The zero-order valence-electron chi connectivity index (χ0n) is 14.9. The number of benzene rings is 1. The fourth-order valence-electron chi connectivity index (χ4n) is 3.71. The lowest BCUT2D eigenvalue weighted by atomic mass is 9.78. The van der Waals surface area contributed by atoms with Crippen LogP contribution in [0.2, 0.25) is 0 Å². The maximum absolute atomic E-state index is 5.79. The molecule has 0 amide bonds. The first kappa shape index (κ1) is 16.9. The Bertz CT molecular complexity index is 580. The van der Waals surface area contributed by atoms with Crippen LogP contribution in [0, 0.1) is 0 Å². The molecule has 1 aromatic rings. The van der Waals surface area contributed by atoms with Gasteiger partial charge in [0.05, 0.1) is 0 Å². The maximum Gasteiger partial charge on any atom is 0.191 e. The molecule has 2 N–H and O–H groups in total. The van der Waals surface area contributed by atoms with E-state index >= 15 is 0 Å². The number of rotatable bonds is 5. The van der Waals surface area contributed by atoms with Crippen LogP contribution in [-0.2, 0) is 5.41 Å². The SMILES string of the molecule is CCCNC(=NC)NCC1(c2ccc3c(c2)OCCO3)CCCC1. The predicted octanol–water partition coefficient (Wildman–Crippen LogP) is 2.84. The van der Waals surface area contributed by atoms with Gasteiger partial charge >= 0.3 is 0 Å². The molecule has 0 unspecified atom stereocenters. The van der Waals surface area contributed by atoms with Gasteiger partial charge in [0.25, 0.3) is 0 Å². The van der Waals surface area contributed by atoms with Gasteiger partial charge in [0.1, 0.15) is 13.2 Å². The first-order chi connectivity index (χ1) is 11.8. The van der Waals surface area contributed by atoms with Gasteiger partial charge in [0.2, 0.25) is 0 Å². The topological polar surface area (TPSA) is 54.9 Å². The van der Waals surface area contributed by atoms with Crippen molar-refractivity contribution in [2.24, 2.45) is 4.99 Å². The molecule has 0 bridgehead atoms. The van der Waals surface area contributed by atoms with Gasteiger partial charge in [-0.25, -0.2) is 0 Å². The number of aliphatic imine (C=N–C) groups is 1. The molecule has 5 nitrogen and oxygen atoms in total. The Hall–Kier alpha value is -1.91. The van der Waals surface area contributed by atoms with Crippen molar-refractivity contribution in [2.75, 3.05) is 33.4 Å². The van der Waals surface area contributed by atoms with Crippen molar-refractivity contribution in [3.63, 3.8) is 0 Å². The van der Waals surface area contributed by atoms with Gasteiger partial charge in [-0.05, 0) is 37.0 Å². The van der Waals surface area contributed by atoms with Gasteiger partial charge in [0, 0.05) is 25.6 Å². The minimum atomic E-state index is 0.152. The normalized spacial score (nSPS) is 19.2. The monoisotopic (exact) mass is 331 g/mol. The molecule has 1 aromatic carbocycles. The van der Waals surface area contributed by atoms with Gasteiger partial charge in [-0.1, -0.05) is 25.8 Å². The maximum atomic E-state index is 5.79. The minimum Gasteiger partial charge on any atom is -0.486 e. The molecule has 1 fully saturated rings. The summed E-state index contributed by atoms with van der Waals surface area (Å²) in [5.74, 6) is 2.64. The van der Waals surface area contributed by atoms with Gasteiger partial charge in [-0.3, -0.25) is 4.99 Å². The molecule has 1 saturated carbocycles. The van der Waals surface area contributed by atoms with E-state index in [4.69, 9.17) is 9.47 Å². The van der Waals surface area contributed by atoms with E-state index in [1.54, 1.807) is 0 Å². The van der Waals surface area contributed by atoms with E-state index in [0.717, 1.165) is 37.0 Å². The lowest BCUT2D eigenvalue weighted by Gasteiger charge is -2.32. The fourth-order valence-corrected chi connectivity index (χ4v) is 3.71. The highest BCUT2D eigenvalue weighted by molar-refractivity contribution is 5.79. The molecule has 132 valence electrons. The summed E-state index contributed by atoms with van der Waals surface area (Å²) >= 11 is 0. The molecule has 1 aliphatic carbocycles. The smallest absolute Gasteiger partial charge is 0.191 e. The standard InChI is InChI=1S/C19H29N3O2/c1-3-10-21-18(20-2)22-14-19(8-4-5-9-19)15-6-7-16-17(13-15)24-12-11-23-16/h6-7,13H,3-5,8-12,14H2,1-2H3,(H2,20,21,22). The number of ether oxygens (including phenoxy) is 2. The van der Waals surface area contributed by atoms with Crippen LogP contribution in [0.1, 0.15) is 44.6 Å². The molecule has 0 aromatic heterocycles. The number of nitrogens with one attached hydrogen (secondary N) is 2. The number of fused-ring (bicyclic) bond motifs is 1. The molecule has 2 aliphatic rings. The van der Waals surface area contributed by atoms with Crippen molar-refractivity contribution >= 4 is 5.96 Å². The second-order valence-corrected chi connectivity index (χ2v) is 6.70. The Labute approximate surface area is 144 Å². The molecule has 0 atom stereocenters. The second kappa shape index (κ2) is 7.77. The molecule has 5 heteroatoms. The van der Waals surface area contributed by atoms with Crippen molar-refractivity contribution in [3.8, 4) is 11.5 Å². The van der Waals surface area contributed by atoms with E-state index in [9.17, 15) is 0 Å². The summed E-state index contributed by atoms with van der Waals surface area (Å²) in [6.45, 7) is 5.27. The van der Waals surface area contributed by atoms with Gasteiger partial charge in [-0.15, -0.1) is 0 Å². The Kier molecular flexibility index (Phi) is 5.48. The highest BCUT2D eigenvalue weighted by Crippen LogP contribution is 2.43. The Morgan fingerprint density at radius 3 is 2.58 bits per heavy atom. The van der Waals surface area contributed by atoms with Crippen LogP contribution < -0.4 is 20.1 Å². The van der Waals surface area contributed by atoms with Crippen LogP contribution in [0.25, 0.3) is 0 Å². The van der Waals surface area contributed by atoms with Crippen molar-refractivity contribution in [1.82, 2.24) is 10.6 Å². The Morgan fingerprint density at radius 1 is 1.12 bits per heavy atom. The third-order valence-corrected chi connectivity index (χ3v) is 5.08. The quantitative estimate of drug-likeness (QED) is 0.643. The van der Waals surface area contributed by atoms with Crippen LogP contribution in [0.5, 0.6) is 11.5 Å². The van der Waals surface area contributed by atoms with Gasteiger partial charge in [0.15, 0.2) is 17.5 Å². The van der Waals surface area contributed by atoms with Gasteiger partial charge < -0.3 is 20.1 Å². The molecule has 0 radical (unpaired) electrons. The lowest BCUT2D eigenvalue weighted by molar-refractivity contribution is 0.171. The average Bonchev–Trinajstić information content (AvgIpc) is 3.11. The summed E-state index contributed by atoms with van der Waals surface area (Å²) in [5, 5.41) is 6.89. The van der Waals surface area contributed by atoms with E-state index < -0.39 is 0 Å². The summed E-state index contributed by atoms with van der Waals surface area (Å²) in [5.41, 5.74) is 1.50.